The van der Waals surface area contributed by atoms with Gasteiger partial charge in [-0.15, -0.1) is 0 Å². The number of carbonyl (C=O) groups excluding carboxylic acids is 1. The third-order valence-electron chi connectivity index (χ3n) is 2.38. The van der Waals surface area contributed by atoms with E-state index in [9.17, 15) is 4.79 Å². The summed E-state index contributed by atoms with van der Waals surface area (Å²) in [5, 5.41) is 0. The first-order valence-electron chi connectivity index (χ1n) is 4.34. The van der Waals surface area contributed by atoms with Crippen molar-refractivity contribution < 1.29 is 4.79 Å². The second-order valence-electron chi connectivity index (χ2n) is 4.53. The Balaban J connectivity index is 2.79. The lowest BCUT2D eigenvalue weighted by molar-refractivity contribution is -0.117. The molecule has 12 heavy (non-hydrogen) atoms. The van der Waals surface area contributed by atoms with Crippen LogP contribution in [0.3, 0.4) is 0 Å². The number of ketones is 1. The molecule has 2 nitrogen and oxygen atoms in total. The van der Waals surface area contributed by atoms with Gasteiger partial charge in [0.1, 0.15) is 0 Å². The van der Waals surface area contributed by atoms with Crippen molar-refractivity contribution in [1.82, 2.24) is 4.90 Å². The van der Waals surface area contributed by atoms with E-state index in [2.05, 4.69) is 25.7 Å². The molecular weight excluding hydrogens is 150 g/mol. The molecule has 0 aromatic rings. The maximum Gasteiger partial charge on any atom is 0.159 e. The molecule has 2 heteroatoms. The van der Waals surface area contributed by atoms with Crippen LogP contribution in [-0.2, 0) is 4.79 Å². The zero-order valence-corrected chi connectivity index (χ0v) is 8.29. The quantitative estimate of drug-likeness (QED) is 0.548. The first kappa shape index (κ1) is 9.30. The van der Waals surface area contributed by atoms with Gasteiger partial charge in [-0.2, -0.15) is 0 Å². The van der Waals surface area contributed by atoms with Gasteiger partial charge in [-0.1, -0.05) is 20.8 Å². The molecule has 0 aliphatic carbocycles. The Kier molecular flexibility index (Phi) is 2.27. The van der Waals surface area contributed by atoms with Gasteiger partial charge in [-0.05, 0) is 11.5 Å². The van der Waals surface area contributed by atoms with Crippen molar-refractivity contribution in [1.29, 1.82) is 0 Å². The fourth-order valence-corrected chi connectivity index (χ4v) is 1.62. The van der Waals surface area contributed by atoms with Crippen LogP contribution in [-0.4, -0.2) is 23.8 Å². The number of rotatable bonds is 0. The topological polar surface area (TPSA) is 20.3 Å². The summed E-state index contributed by atoms with van der Waals surface area (Å²) < 4.78 is 0. The Morgan fingerprint density at radius 3 is 2.50 bits per heavy atom. The Morgan fingerprint density at radius 1 is 1.50 bits per heavy atom. The first-order chi connectivity index (χ1) is 5.41. The highest BCUT2D eigenvalue weighted by atomic mass is 16.1. The molecule has 68 valence electrons. The second-order valence-corrected chi connectivity index (χ2v) is 4.53. The van der Waals surface area contributed by atoms with Gasteiger partial charge in [0.15, 0.2) is 5.78 Å². The summed E-state index contributed by atoms with van der Waals surface area (Å²) in [4.78, 5) is 13.3. The zero-order valence-electron chi connectivity index (χ0n) is 8.29. The van der Waals surface area contributed by atoms with Crippen LogP contribution in [0.4, 0.5) is 0 Å². The molecule has 0 radical (unpaired) electrons. The fourth-order valence-electron chi connectivity index (χ4n) is 1.62. The van der Waals surface area contributed by atoms with Crippen molar-refractivity contribution in [3.63, 3.8) is 0 Å². The Hall–Kier alpha value is -0.790. The summed E-state index contributed by atoms with van der Waals surface area (Å²) in [6, 6.07) is 0.343. The lowest BCUT2D eigenvalue weighted by Crippen LogP contribution is -2.42. The summed E-state index contributed by atoms with van der Waals surface area (Å²) >= 11 is 0. The van der Waals surface area contributed by atoms with E-state index in [4.69, 9.17) is 0 Å². The van der Waals surface area contributed by atoms with Gasteiger partial charge in [0.05, 0.1) is 0 Å². The van der Waals surface area contributed by atoms with E-state index in [1.807, 2.05) is 13.2 Å². The fraction of sp³-hybridized carbons (Fsp3) is 0.700. The highest BCUT2D eigenvalue weighted by Gasteiger charge is 2.30. The molecule has 1 rings (SSSR count). The zero-order chi connectivity index (χ0) is 9.35. The molecular formula is C10H17NO. The molecule has 0 fully saturated rings. The SMILES string of the molecule is CN1C=CC(=O)CC1C(C)(C)C. The van der Waals surface area contributed by atoms with Crippen LogP contribution in [0.5, 0.6) is 0 Å². The van der Waals surface area contributed by atoms with Gasteiger partial charge in [-0.3, -0.25) is 4.79 Å². The van der Waals surface area contributed by atoms with Crippen molar-refractivity contribution in [2.75, 3.05) is 7.05 Å². The molecule has 1 aliphatic heterocycles. The molecule has 0 saturated carbocycles. The van der Waals surface area contributed by atoms with E-state index in [1.165, 1.54) is 0 Å². The number of allylic oxidation sites excluding steroid dienone is 1. The van der Waals surface area contributed by atoms with E-state index in [1.54, 1.807) is 6.08 Å². The standard InChI is InChI=1S/C10H17NO/c1-10(2,3)9-7-8(12)5-6-11(9)4/h5-6,9H,7H2,1-4H3. The normalized spacial score (nSPS) is 24.8. The van der Waals surface area contributed by atoms with E-state index >= 15 is 0 Å². The molecule has 1 atom stereocenters. The number of nitrogens with zero attached hydrogens (tertiary/aromatic N) is 1. The summed E-state index contributed by atoms with van der Waals surface area (Å²) in [6.07, 6.45) is 4.18. The summed E-state index contributed by atoms with van der Waals surface area (Å²) in [5.74, 6) is 0.244. The molecule has 1 aliphatic rings. The van der Waals surface area contributed by atoms with Crippen LogP contribution >= 0.6 is 0 Å². The second kappa shape index (κ2) is 2.92. The van der Waals surface area contributed by atoms with Crippen LogP contribution in [0.25, 0.3) is 0 Å². The van der Waals surface area contributed by atoms with Gasteiger partial charge in [0, 0.05) is 25.7 Å². The van der Waals surface area contributed by atoms with E-state index in [0.717, 1.165) is 0 Å². The molecule has 0 aromatic carbocycles. The van der Waals surface area contributed by atoms with Gasteiger partial charge >= 0.3 is 0 Å². The Morgan fingerprint density at radius 2 is 2.08 bits per heavy atom. The van der Waals surface area contributed by atoms with Crippen LogP contribution in [0.2, 0.25) is 0 Å². The molecule has 0 spiro atoms. The third kappa shape index (κ3) is 1.87. The average Bonchev–Trinajstić information content (AvgIpc) is 1.92. The monoisotopic (exact) mass is 167 g/mol. The van der Waals surface area contributed by atoms with Gasteiger partial charge in [-0.25, -0.2) is 0 Å². The number of hydrogen-bond acceptors (Lipinski definition) is 2. The predicted molar refractivity (Wildman–Crippen MR) is 49.8 cm³/mol. The smallest absolute Gasteiger partial charge is 0.159 e. The summed E-state index contributed by atoms with van der Waals surface area (Å²) in [6.45, 7) is 6.50. The van der Waals surface area contributed by atoms with Crippen molar-refractivity contribution >= 4 is 5.78 Å². The molecule has 0 saturated heterocycles. The first-order valence-corrected chi connectivity index (χ1v) is 4.34. The minimum Gasteiger partial charge on any atom is -0.376 e. The predicted octanol–water partition coefficient (Wildman–Crippen LogP) is 1.82. The minimum absolute atomic E-state index is 0.176. The summed E-state index contributed by atoms with van der Waals surface area (Å²) in [7, 11) is 2.03. The van der Waals surface area contributed by atoms with Gasteiger partial charge < -0.3 is 4.90 Å². The van der Waals surface area contributed by atoms with Crippen LogP contribution in [0, 0.1) is 5.41 Å². The van der Waals surface area contributed by atoms with Crippen molar-refractivity contribution in [2.45, 2.75) is 33.2 Å². The largest absolute Gasteiger partial charge is 0.376 e. The molecule has 0 bridgehead atoms. The minimum atomic E-state index is 0.176. The highest BCUT2D eigenvalue weighted by Crippen LogP contribution is 2.28. The van der Waals surface area contributed by atoms with Crippen molar-refractivity contribution in [2.24, 2.45) is 5.41 Å². The van der Waals surface area contributed by atoms with Gasteiger partial charge in [0.25, 0.3) is 0 Å². The molecule has 1 heterocycles. The van der Waals surface area contributed by atoms with Crippen molar-refractivity contribution in [3.8, 4) is 0 Å². The maximum atomic E-state index is 11.2. The van der Waals surface area contributed by atoms with E-state index < -0.39 is 0 Å². The van der Waals surface area contributed by atoms with Gasteiger partial charge in [0.2, 0.25) is 0 Å². The third-order valence-corrected chi connectivity index (χ3v) is 2.38. The average molecular weight is 167 g/mol. The maximum absolute atomic E-state index is 11.2. The molecule has 0 aromatic heterocycles. The summed E-state index contributed by atoms with van der Waals surface area (Å²) in [5.41, 5.74) is 0.176. The van der Waals surface area contributed by atoms with Crippen molar-refractivity contribution in [3.05, 3.63) is 12.3 Å². The highest BCUT2D eigenvalue weighted by molar-refractivity contribution is 5.90. The number of hydrogen-bond donors (Lipinski definition) is 0. The molecule has 0 N–H and O–H groups in total. The van der Waals surface area contributed by atoms with Crippen LogP contribution < -0.4 is 0 Å². The Labute approximate surface area is 74.2 Å². The van der Waals surface area contributed by atoms with E-state index in [0.29, 0.717) is 12.5 Å². The lowest BCUT2D eigenvalue weighted by Gasteiger charge is -2.38. The lowest BCUT2D eigenvalue weighted by atomic mass is 9.82. The van der Waals surface area contributed by atoms with Crippen LogP contribution in [0.15, 0.2) is 12.3 Å². The Bertz CT molecular complexity index is 212. The van der Waals surface area contributed by atoms with Crippen LogP contribution in [0.1, 0.15) is 27.2 Å². The molecule has 0 amide bonds. The molecule has 1 unspecified atom stereocenters. The van der Waals surface area contributed by atoms with E-state index in [-0.39, 0.29) is 11.2 Å². The number of carbonyl (C=O) groups is 1.